The van der Waals surface area contributed by atoms with Crippen molar-refractivity contribution in [3.05, 3.63) is 47.8 Å². The third-order valence-corrected chi connectivity index (χ3v) is 4.08. The average molecular weight is 311 g/mol. The lowest BCUT2D eigenvalue weighted by Crippen LogP contribution is -2.45. The number of rotatable bonds is 3. The Kier molecular flexibility index (Phi) is 4.52. The number of anilines is 2. The van der Waals surface area contributed by atoms with E-state index in [1.54, 1.807) is 12.4 Å². The molecule has 120 valence electrons. The van der Waals surface area contributed by atoms with Gasteiger partial charge in [0.2, 0.25) is 5.95 Å². The number of hydrogen-bond acceptors (Lipinski definition) is 5. The number of nitrogens with zero attached hydrogens (tertiary/aromatic N) is 4. The van der Waals surface area contributed by atoms with Crippen LogP contribution in [0.15, 0.2) is 36.7 Å². The Balaban J connectivity index is 1.67. The van der Waals surface area contributed by atoms with Crippen LogP contribution in [0.25, 0.3) is 0 Å². The molecule has 0 aliphatic carbocycles. The molecule has 1 aromatic heterocycles. The fraction of sp³-hybridized carbons (Fsp3) is 0.353. The highest BCUT2D eigenvalue weighted by Crippen LogP contribution is 2.15. The van der Waals surface area contributed by atoms with Crippen LogP contribution in [0.2, 0.25) is 0 Å². The van der Waals surface area contributed by atoms with Crippen LogP contribution < -0.4 is 10.2 Å². The summed E-state index contributed by atoms with van der Waals surface area (Å²) in [4.78, 5) is 25.4. The van der Waals surface area contributed by atoms with Crippen molar-refractivity contribution < 1.29 is 4.79 Å². The Morgan fingerprint density at radius 2 is 1.74 bits per heavy atom. The van der Waals surface area contributed by atoms with Gasteiger partial charge in [0.25, 0.3) is 5.91 Å². The topological polar surface area (TPSA) is 61.4 Å². The molecule has 0 bridgehead atoms. The lowest BCUT2D eigenvalue weighted by atomic mass is 10.2. The summed E-state index contributed by atoms with van der Waals surface area (Å²) in [5.41, 5.74) is 2.29. The van der Waals surface area contributed by atoms with Crippen LogP contribution in [0, 0.1) is 6.92 Å². The fourth-order valence-electron chi connectivity index (χ4n) is 2.52. The standard InChI is InChI=1S/C17H21N5O/c1-13-5-3-4-6-15(13)20-16(23)14-11-18-17(19-12-14)22-9-7-21(2)8-10-22/h3-6,11-12H,7-10H2,1-2H3,(H,20,23). The lowest BCUT2D eigenvalue weighted by molar-refractivity contribution is 0.102. The van der Waals surface area contributed by atoms with Crippen molar-refractivity contribution in [2.75, 3.05) is 43.4 Å². The molecule has 1 N–H and O–H groups in total. The van der Waals surface area contributed by atoms with Gasteiger partial charge in [-0.1, -0.05) is 18.2 Å². The van der Waals surface area contributed by atoms with E-state index in [9.17, 15) is 4.79 Å². The summed E-state index contributed by atoms with van der Waals surface area (Å²) < 4.78 is 0. The molecule has 0 saturated carbocycles. The molecule has 1 aromatic carbocycles. The van der Waals surface area contributed by atoms with E-state index < -0.39 is 0 Å². The molecule has 1 aliphatic heterocycles. The van der Waals surface area contributed by atoms with E-state index in [0.29, 0.717) is 11.5 Å². The molecule has 23 heavy (non-hydrogen) atoms. The molecule has 6 nitrogen and oxygen atoms in total. The fourth-order valence-corrected chi connectivity index (χ4v) is 2.52. The third kappa shape index (κ3) is 3.65. The Hall–Kier alpha value is -2.47. The predicted molar refractivity (Wildman–Crippen MR) is 90.9 cm³/mol. The number of benzene rings is 1. The van der Waals surface area contributed by atoms with Crippen molar-refractivity contribution in [2.24, 2.45) is 0 Å². The zero-order valence-electron chi connectivity index (χ0n) is 13.5. The van der Waals surface area contributed by atoms with Crippen molar-refractivity contribution in [1.82, 2.24) is 14.9 Å². The van der Waals surface area contributed by atoms with Crippen molar-refractivity contribution >= 4 is 17.5 Å². The Bertz CT molecular complexity index is 678. The monoisotopic (exact) mass is 311 g/mol. The minimum Gasteiger partial charge on any atom is -0.338 e. The first-order valence-corrected chi connectivity index (χ1v) is 7.76. The van der Waals surface area contributed by atoms with Crippen molar-refractivity contribution in [3.8, 4) is 0 Å². The molecule has 2 aromatic rings. The first-order valence-electron chi connectivity index (χ1n) is 7.76. The minimum atomic E-state index is -0.191. The Morgan fingerprint density at radius 3 is 2.39 bits per heavy atom. The first-order chi connectivity index (χ1) is 11.1. The van der Waals surface area contributed by atoms with E-state index in [4.69, 9.17) is 0 Å². The molecule has 0 atom stereocenters. The lowest BCUT2D eigenvalue weighted by Gasteiger charge is -2.32. The maximum atomic E-state index is 12.3. The summed E-state index contributed by atoms with van der Waals surface area (Å²) >= 11 is 0. The Morgan fingerprint density at radius 1 is 1.09 bits per heavy atom. The number of carbonyl (C=O) groups is 1. The number of aromatic nitrogens is 2. The number of hydrogen-bond donors (Lipinski definition) is 1. The van der Waals surface area contributed by atoms with E-state index in [1.165, 1.54) is 0 Å². The molecule has 3 rings (SSSR count). The quantitative estimate of drug-likeness (QED) is 0.936. The SMILES string of the molecule is Cc1ccccc1NC(=O)c1cnc(N2CCN(C)CC2)nc1. The highest BCUT2D eigenvalue weighted by Gasteiger charge is 2.17. The summed E-state index contributed by atoms with van der Waals surface area (Å²) in [6, 6.07) is 7.68. The molecule has 0 radical (unpaired) electrons. The van der Waals surface area contributed by atoms with Crippen molar-refractivity contribution in [2.45, 2.75) is 6.92 Å². The Labute approximate surface area is 136 Å². The van der Waals surface area contributed by atoms with Gasteiger partial charge in [-0.2, -0.15) is 0 Å². The number of amides is 1. The molecule has 2 heterocycles. The van der Waals surface area contributed by atoms with Gasteiger partial charge in [0.15, 0.2) is 0 Å². The van der Waals surface area contributed by atoms with E-state index in [1.807, 2.05) is 31.2 Å². The summed E-state index contributed by atoms with van der Waals surface area (Å²) in [6.45, 7) is 5.77. The van der Waals surface area contributed by atoms with Crippen LogP contribution in [-0.2, 0) is 0 Å². The molecule has 6 heteroatoms. The van der Waals surface area contributed by atoms with E-state index in [0.717, 1.165) is 37.4 Å². The molecule has 1 amide bonds. The first kappa shape index (κ1) is 15.4. The molecule has 0 unspecified atom stereocenters. The average Bonchev–Trinajstić information content (AvgIpc) is 2.58. The van der Waals surface area contributed by atoms with Crippen molar-refractivity contribution in [3.63, 3.8) is 0 Å². The normalized spacial score (nSPS) is 15.5. The zero-order chi connectivity index (χ0) is 16.2. The van der Waals surface area contributed by atoms with Gasteiger partial charge in [-0.15, -0.1) is 0 Å². The van der Waals surface area contributed by atoms with Crippen LogP contribution >= 0.6 is 0 Å². The summed E-state index contributed by atoms with van der Waals surface area (Å²) in [7, 11) is 2.11. The molecule has 1 saturated heterocycles. The third-order valence-electron chi connectivity index (χ3n) is 4.08. The van der Waals surface area contributed by atoms with Gasteiger partial charge in [-0.05, 0) is 25.6 Å². The molecule has 0 spiro atoms. The van der Waals surface area contributed by atoms with Gasteiger partial charge < -0.3 is 15.1 Å². The van der Waals surface area contributed by atoms with Gasteiger partial charge in [0, 0.05) is 44.3 Å². The zero-order valence-corrected chi connectivity index (χ0v) is 13.5. The maximum absolute atomic E-state index is 12.3. The van der Waals surface area contributed by atoms with Crippen LogP contribution in [0.3, 0.4) is 0 Å². The number of aryl methyl sites for hydroxylation is 1. The summed E-state index contributed by atoms with van der Waals surface area (Å²) in [6.07, 6.45) is 3.18. The van der Waals surface area contributed by atoms with Gasteiger partial charge in [0.1, 0.15) is 0 Å². The second kappa shape index (κ2) is 6.75. The second-order valence-corrected chi connectivity index (χ2v) is 5.83. The van der Waals surface area contributed by atoms with E-state index in [2.05, 4.69) is 32.1 Å². The van der Waals surface area contributed by atoms with E-state index >= 15 is 0 Å². The minimum absolute atomic E-state index is 0.191. The van der Waals surface area contributed by atoms with Gasteiger partial charge >= 0.3 is 0 Å². The largest absolute Gasteiger partial charge is 0.338 e. The molecular weight excluding hydrogens is 290 g/mol. The van der Waals surface area contributed by atoms with Crippen LogP contribution in [0.5, 0.6) is 0 Å². The number of carbonyl (C=O) groups excluding carboxylic acids is 1. The number of likely N-dealkylation sites (N-methyl/N-ethyl adjacent to an activating group) is 1. The summed E-state index contributed by atoms with van der Waals surface area (Å²) in [5.74, 6) is 0.495. The van der Waals surface area contributed by atoms with E-state index in [-0.39, 0.29) is 5.91 Å². The summed E-state index contributed by atoms with van der Waals surface area (Å²) in [5, 5.41) is 2.89. The molecular formula is C17H21N5O. The number of nitrogens with one attached hydrogen (secondary N) is 1. The van der Waals surface area contributed by atoms with Crippen LogP contribution in [0.1, 0.15) is 15.9 Å². The van der Waals surface area contributed by atoms with Gasteiger partial charge in [0.05, 0.1) is 5.56 Å². The van der Waals surface area contributed by atoms with Crippen molar-refractivity contribution in [1.29, 1.82) is 0 Å². The highest BCUT2D eigenvalue weighted by atomic mass is 16.1. The maximum Gasteiger partial charge on any atom is 0.258 e. The number of piperazine rings is 1. The second-order valence-electron chi connectivity index (χ2n) is 5.83. The van der Waals surface area contributed by atoms with Crippen LogP contribution in [0.4, 0.5) is 11.6 Å². The predicted octanol–water partition coefficient (Wildman–Crippen LogP) is 1.79. The molecule has 1 fully saturated rings. The smallest absolute Gasteiger partial charge is 0.258 e. The highest BCUT2D eigenvalue weighted by molar-refractivity contribution is 6.04. The van der Waals surface area contributed by atoms with Gasteiger partial charge in [-0.3, -0.25) is 4.79 Å². The molecule has 1 aliphatic rings. The van der Waals surface area contributed by atoms with Gasteiger partial charge in [-0.25, -0.2) is 9.97 Å². The number of para-hydroxylation sites is 1. The van der Waals surface area contributed by atoms with Crippen LogP contribution in [-0.4, -0.2) is 54.0 Å².